The van der Waals surface area contributed by atoms with Gasteiger partial charge in [-0.25, -0.2) is 0 Å². The van der Waals surface area contributed by atoms with Crippen LogP contribution in [-0.2, 0) is 0 Å². The van der Waals surface area contributed by atoms with Gasteiger partial charge in [-0.15, -0.1) is 0 Å². The standard InChI is InChI=1S/C18H21NO/c1-12(2)14-5-7-15(8-6-14)18-11-19-16-9-4-13(3)10-17(16)20-18/h4-10,12,18-19H,11H2,1-3H3. The first-order chi connectivity index (χ1) is 9.63. The Labute approximate surface area is 120 Å². The van der Waals surface area contributed by atoms with Gasteiger partial charge in [0.1, 0.15) is 11.9 Å². The highest BCUT2D eigenvalue weighted by molar-refractivity contribution is 5.59. The quantitative estimate of drug-likeness (QED) is 0.854. The van der Waals surface area contributed by atoms with Gasteiger partial charge >= 0.3 is 0 Å². The fraction of sp³-hybridized carbons (Fsp3) is 0.333. The molecule has 0 fully saturated rings. The summed E-state index contributed by atoms with van der Waals surface area (Å²) in [6, 6.07) is 15.1. The molecule has 2 aromatic rings. The molecule has 1 N–H and O–H groups in total. The van der Waals surface area contributed by atoms with E-state index in [4.69, 9.17) is 4.74 Å². The SMILES string of the molecule is Cc1ccc2c(c1)OC(c1ccc(C(C)C)cc1)CN2. The summed E-state index contributed by atoms with van der Waals surface area (Å²) in [5.41, 5.74) is 4.91. The molecule has 0 amide bonds. The van der Waals surface area contributed by atoms with Crippen molar-refractivity contribution in [3.63, 3.8) is 0 Å². The molecule has 1 heterocycles. The number of ether oxygens (including phenoxy) is 1. The molecule has 2 aromatic carbocycles. The molecular formula is C18H21NO. The smallest absolute Gasteiger partial charge is 0.143 e. The van der Waals surface area contributed by atoms with Crippen molar-refractivity contribution in [3.05, 3.63) is 59.2 Å². The minimum Gasteiger partial charge on any atom is -0.482 e. The number of rotatable bonds is 2. The van der Waals surface area contributed by atoms with Crippen molar-refractivity contribution in [2.75, 3.05) is 11.9 Å². The zero-order valence-corrected chi connectivity index (χ0v) is 12.3. The number of hydrogen-bond donors (Lipinski definition) is 1. The summed E-state index contributed by atoms with van der Waals surface area (Å²) in [6.07, 6.45) is 0.0884. The number of aryl methyl sites for hydroxylation is 1. The predicted molar refractivity (Wildman–Crippen MR) is 83.6 cm³/mol. The second kappa shape index (κ2) is 5.20. The van der Waals surface area contributed by atoms with Gasteiger partial charge in [-0.05, 0) is 41.7 Å². The van der Waals surface area contributed by atoms with E-state index in [0.29, 0.717) is 5.92 Å². The van der Waals surface area contributed by atoms with Gasteiger partial charge in [-0.3, -0.25) is 0 Å². The van der Waals surface area contributed by atoms with Gasteiger partial charge in [0.05, 0.1) is 12.2 Å². The second-order valence-corrected chi connectivity index (χ2v) is 5.81. The largest absolute Gasteiger partial charge is 0.482 e. The average Bonchev–Trinajstić information content (AvgIpc) is 2.46. The summed E-state index contributed by atoms with van der Waals surface area (Å²) in [6.45, 7) is 7.33. The maximum absolute atomic E-state index is 6.14. The molecule has 20 heavy (non-hydrogen) atoms. The average molecular weight is 267 g/mol. The van der Waals surface area contributed by atoms with Crippen molar-refractivity contribution in [2.24, 2.45) is 0 Å². The number of hydrogen-bond acceptors (Lipinski definition) is 2. The summed E-state index contributed by atoms with van der Waals surface area (Å²) in [4.78, 5) is 0. The molecule has 2 heteroatoms. The Balaban J connectivity index is 1.82. The van der Waals surface area contributed by atoms with Crippen molar-refractivity contribution < 1.29 is 4.74 Å². The highest BCUT2D eigenvalue weighted by Crippen LogP contribution is 2.35. The molecule has 0 radical (unpaired) electrons. The molecule has 3 rings (SSSR count). The normalized spacial score (nSPS) is 17.3. The summed E-state index contributed by atoms with van der Waals surface area (Å²) in [5.74, 6) is 1.52. The van der Waals surface area contributed by atoms with Crippen molar-refractivity contribution >= 4 is 5.69 Å². The molecule has 1 atom stereocenters. The lowest BCUT2D eigenvalue weighted by molar-refractivity contribution is 0.210. The maximum Gasteiger partial charge on any atom is 0.143 e. The summed E-state index contributed by atoms with van der Waals surface area (Å²) >= 11 is 0. The fourth-order valence-corrected chi connectivity index (χ4v) is 2.55. The van der Waals surface area contributed by atoms with Crippen molar-refractivity contribution in [3.8, 4) is 5.75 Å². The fourth-order valence-electron chi connectivity index (χ4n) is 2.55. The van der Waals surface area contributed by atoms with Crippen LogP contribution in [0.1, 0.15) is 42.6 Å². The van der Waals surface area contributed by atoms with Crippen LogP contribution >= 0.6 is 0 Å². The molecule has 1 aliphatic rings. The van der Waals surface area contributed by atoms with E-state index in [0.717, 1.165) is 18.0 Å². The Kier molecular flexibility index (Phi) is 3.39. The Morgan fingerprint density at radius 3 is 2.55 bits per heavy atom. The van der Waals surface area contributed by atoms with E-state index < -0.39 is 0 Å². The first kappa shape index (κ1) is 13.0. The van der Waals surface area contributed by atoms with Gasteiger partial charge in [-0.1, -0.05) is 44.2 Å². The number of nitrogens with one attached hydrogen (secondary N) is 1. The van der Waals surface area contributed by atoms with E-state index in [1.54, 1.807) is 0 Å². The Morgan fingerprint density at radius 2 is 1.85 bits per heavy atom. The summed E-state index contributed by atoms with van der Waals surface area (Å²) < 4.78 is 6.14. The van der Waals surface area contributed by atoms with Crippen LogP contribution in [-0.4, -0.2) is 6.54 Å². The van der Waals surface area contributed by atoms with Gasteiger partial charge in [0.15, 0.2) is 0 Å². The second-order valence-electron chi connectivity index (χ2n) is 5.81. The first-order valence-corrected chi connectivity index (χ1v) is 7.24. The Morgan fingerprint density at radius 1 is 1.10 bits per heavy atom. The van der Waals surface area contributed by atoms with Gasteiger partial charge in [-0.2, -0.15) is 0 Å². The van der Waals surface area contributed by atoms with Crippen LogP contribution in [0.2, 0.25) is 0 Å². The Hall–Kier alpha value is -1.96. The number of fused-ring (bicyclic) bond motifs is 1. The number of benzene rings is 2. The Bertz CT molecular complexity index is 601. The lowest BCUT2D eigenvalue weighted by Crippen LogP contribution is -2.23. The van der Waals surface area contributed by atoms with Crippen LogP contribution in [0.25, 0.3) is 0 Å². The van der Waals surface area contributed by atoms with E-state index >= 15 is 0 Å². The van der Waals surface area contributed by atoms with Crippen LogP contribution in [0.15, 0.2) is 42.5 Å². The molecule has 0 aliphatic carbocycles. The molecule has 0 spiro atoms. The highest BCUT2D eigenvalue weighted by Gasteiger charge is 2.20. The summed E-state index contributed by atoms with van der Waals surface area (Å²) in [5, 5.41) is 3.45. The van der Waals surface area contributed by atoms with Crippen molar-refractivity contribution in [1.29, 1.82) is 0 Å². The molecule has 2 nitrogen and oxygen atoms in total. The van der Waals surface area contributed by atoms with E-state index in [2.05, 4.69) is 68.6 Å². The maximum atomic E-state index is 6.14. The zero-order valence-electron chi connectivity index (χ0n) is 12.3. The monoisotopic (exact) mass is 267 g/mol. The minimum absolute atomic E-state index is 0.0884. The molecule has 0 saturated heterocycles. The van der Waals surface area contributed by atoms with E-state index in [9.17, 15) is 0 Å². The summed E-state index contributed by atoms with van der Waals surface area (Å²) in [7, 11) is 0. The lowest BCUT2D eigenvalue weighted by Gasteiger charge is -2.28. The van der Waals surface area contributed by atoms with Crippen LogP contribution < -0.4 is 10.1 Å². The minimum atomic E-state index is 0.0884. The van der Waals surface area contributed by atoms with Crippen LogP contribution in [0, 0.1) is 6.92 Å². The lowest BCUT2D eigenvalue weighted by atomic mass is 9.99. The van der Waals surface area contributed by atoms with E-state index in [1.807, 2.05) is 0 Å². The van der Waals surface area contributed by atoms with Gasteiger partial charge in [0.25, 0.3) is 0 Å². The number of anilines is 1. The van der Waals surface area contributed by atoms with Crippen LogP contribution in [0.5, 0.6) is 5.75 Å². The third-order valence-electron chi connectivity index (χ3n) is 3.86. The molecule has 104 valence electrons. The van der Waals surface area contributed by atoms with Crippen LogP contribution in [0.4, 0.5) is 5.69 Å². The third-order valence-corrected chi connectivity index (χ3v) is 3.86. The third kappa shape index (κ3) is 2.51. The van der Waals surface area contributed by atoms with Crippen molar-refractivity contribution in [1.82, 2.24) is 0 Å². The predicted octanol–water partition coefficient (Wildman–Crippen LogP) is 4.66. The molecule has 0 saturated carbocycles. The zero-order chi connectivity index (χ0) is 14.1. The van der Waals surface area contributed by atoms with Crippen molar-refractivity contribution in [2.45, 2.75) is 32.8 Å². The topological polar surface area (TPSA) is 21.3 Å². The molecule has 0 bridgehead atoms. The first-order valence-electron chi connectivity index (χ1n) is 7.24. The van der Waals surface area contributed by atoms with Crippen LogP contribution in [0.3, 0.4) is 0 Å². The molecule has 1 aliphatic heterocycles. The molecule has 0 aromatic heterocycles. The molecule has 1 unspecified atom stereocenters. The van der Waals surface area contributed by atoms with E-state index in [-0.39, 0.29) is 6.10 Å². The molecular weight excluding hydrogens is 246 g/mol. The highest BCUT2D eigenvalue weighted by atomic mass is 16.5. The van der Waals surface area contributed by atoms with E-state index in [1.165, 1.54) is 16.7 Å². The van der Waals surface area contributed by atoms with Gasteiger partial charge in [0.2, 0.25) is 0 Å². The van der Waals surface area contributed by atoms with Gasteiger partial charge < -0.3 is 10.1 Å². The van der Waals surface area contributed by atoms with Gasteiger partial charge in [0, 0.05) is 0 Å².